The van der Waals surface area contributed by atoms with Crippen LogP contribution < -0.4 is 0 Å². The molecular weight excluding hydrogens is 320 g/mol. The van der Waals surface area contributed by atoms with Gasteiger partial charge in [-0.2, -0.15) is 0 Å². The number of esters is 1. The molecule has 0 N–H and O–H groups in total. The molecule has 0 saturated carbocycles. The minimum Gasteiger partial charge on any atom is -0.472 e. The third-order valence-corrected chi connectivity index (χ3v) is 4.54. The van der Waals surface area contributed by atoms with Gasteiger partial charge in [0.1, 0.15) is 6.10 Å². The highest BCUT2D eigenvalue weighted by atomic mass is 28.4. The highest BCUT2D eigenvalue weighted by molar-refractivity contribution is 6.69. The first-order valence-electron chi connectivity index (χ1n) is 8.41. The Labute approximate surface area is 147 Å². The molecule has 1 aromatic heterocycles. The van der Waals surface area contributed by atoms with Crippen molar-refractivity contribution in [2.24, 2.45) is 5.41 Å². The van der Waals surface area contributed by atoms with Gasteiger partial charge in [-0.1, -0.05) is 26.7 Å². The van der Waals surface area contributed by atoms with Crippen LogP contribution in [-0.2, 0) is 14.0 Å². The third kappa shape index (κ3) is 7.37. The van der Waals surface area contributed by atoms with Crippen molar-refractivity contribution in [3.05, 3.63) is 24.2 Å². The fraction of sp³-hybridized carbons (Fsp3) is 0.632. The zero-order chi connectivity index (χ0) is 18.4. The minimum absolute atomic E-state index is 0.0243. The number of rotatable bonds is 6. The number of carbonyl (C=O) groups is 1. The van der Waals surface area contributed by atoms with E-state index in [4.69, 9.17) is 13.6 Å². The first-order chi connectivity index (χ1) is 11.0. The lowest BCUT2D eigenvalue weighted by Crippen LogP contribution is -2.34. The Kier molecular flexibility index (Phi) is 7.31. The molecular formula is C19H30O4Si. The summed E-state index contributed by atoms with van der Waals surface area (Å²) >= 11 is 0. The second-order valence-corrected chi connectivity index (χ2v) is 12.4. The van der Waals surface area contributed by atoms with Crippen molar-refractivity contribution in [1.29, 1.82) is 0 Å². The van der Waals surface area contributed by atoms with Crippen LogP contribution in [0.5, 0.6) is 0 Å². The van der Waals surface area contributed by atoms with Crippen molar-refractivity contribution < 1.29 is 18.4 Å². The van der Waals surface area contributed by atoms with E-state index in [-0.39, 0.29) is 17.4 Å². The van der Waals surface area contributed by atoms with Gasteiger partial charge in [0.25, 0.3) is 0 Å². The summed E-state index contributed by atoms with van der Waals surface area (Å²) in [6.45, 7) is 15.0. The van der Waals surface area contributed by atoms with Gasteiger partial charge >= 0.3 is 5.97 Å². The van der Waals surface area contributed by atoms with E-state index in [1.807, 2.05) is 6.07 Å². The lowest BCUT2D eigenvalue weighted by atomic mass is 9.74. The van der Waals surface area contributed by atoms with Crippen LogP contribution in [0.15, 0.2) is 23.0 Å². The zero-order valence-corrected chi connectivity index (χ0v) is 16.9. The monoisotopic (exact) mass is 350 g/mol. The maximum Gasteiger partial charge on any atom is 0.384 e. The molecule has 0 aromatic carbocycles. The van der Waals surface area contributed by atoms with Gasteiger partial charge in [0.2, 0.25) is 0 Å². The van der Waals surface area contributed by atoms with Crippen molar-refractivity contribution in [2.75, 3.05) is 6.61 Å². The first-order valence-corrected chi connectivity index (χ1v) is 11.8. The third-order valence-electron chi connectivity index (χ3n) is 3.55. The molecule has 4 nitrogen and oxygen atoms in total. The quantitative estimate of drug-likeness (QED) is 0.326. The Morgan fingerprint density at radius 1 is 1.33 bits per heavy atom. The normalized spacial score (nSPS) is 14.5. The summed E-state index contributed by atoms with van der Waals surface area (Å²) < 4.78 is 16.4. The van der Waals surface area contributed by atoms with E-state index in [1.165, 1.54) is 0 Å². The van der Waals surface area contributed by atoms with E-state index in [2.05, 4.69) is 52.3 Å². The van der Waals surface area contributed by atoms with Gasteiger partial charge in [0.05, 0.1) is 19.1 Å². The van der Waals surface area contributed by atoms with Crippen LogP contribution in [0.25, 0.3) is 0 Å². The number of carbonyl (C=O) groups excluding carboxylic acids is 1. The number of furan rings is 1. The summed E-state index contributed by atoms with van der Waals surface area (Å²) in [6.07, 6.45) is 3.87. The molecule has 0 unspecified atom stereocenters. The molecule has 24 heavy (non-hydrogen) atoms. The van der Waals surface area contributed by atoms with E-state index in [1.54, 1.807) is 19.5 Å². The van der Waals surface area contributed by atoms with E-state index in [0.29, 0.717) is 13.0 Å². The van der Waals surface area contributed by atoms with Crippen molar-refractivity contribution in [3.8, 4) is 11.8 Å². The van der Waals surface area contributed by atoms with Gasteiger partial charge < -0.3 is 13.6 Å². The van der Waals surface area contributed by atoms with Gasteiger partial charge in [0, 0.05) is 5.92 Å². The zero-order valence-electron chi connectivity index (χ0n) is 15.9. The fourth-order valence-electron chi connectivity index (χ4n) is 2.55. The van der Waals surface area contributed by atoms with Crippen molar-refractivity contribution in [3.63, 3.8) is 0 Å². The Balaban J connectivity index is 3.02. The standard InChI is InChI=1S/C19H30O4Si/c1-8-22-18(20)10-9-16(23-24(5,6)7)13-17(19(2,3)4)15-11-12-21-14-15/h11-12,14,16-17H,8,13H2,1-7H3/t16-,17+/m0/s1. The lowest BCUT2D eigenvalue weighted by molar-refractivity contribution is -0.136. The van der Waals surface area contributed by atoms with Gasteiger partial charge in [0.15, 0.2) is 8.32 Å². The van der Waals surface area contributed by atoms with Gasteiger partial charge in [-0.3, -0.25) is 0 Å². The second-order valence-electron chi connectivity index (χ2n) is 7.92. The minimum atomic E-state index is -1.80. The first kappa shape index (κ1) is 20.5. The van der Waals surface area contributed by atoms with E-state index in [9.17, 15) is 4.79 Å². The van der Waals surface area contributed by atoms with Crippen LogP contribution in [0.4, 0.5) is 0 Å². The van der Waals surface area contributed by atoms with E-state index in [0.717, 1.165) is 5.56 Å². The van der Waals surface area contributed by atoms with Crippen LogP contribution in [0.2, 0.25) is 19.6 Å². The van der Waals surface area contributed by atoms with E-state index >= 15 is 0 Å². The van der Waals surface area contributed by atoms with Crippen molar-refractivity contribution in [2.45, 2.75) is 65.8 Å². The summed E-state index contributed by atoms with van der Waals surface area (Å²) in [5.74, 6) is 5.27. The predicted octanol–water partition coefficient (Wildman–Crippen LogP) is 4.59. The molecule has 0 radical (unpaired) electrons. The molecule has 0 aliphatic carbocycles. The molecule has 0 aliphatic heterocycles. The van der Waals surface area contributed by atoms with E-state index < -0.39 is 14.3 Å². The SMILES string of the molecule is CCOC(=O)C#C[C@@H](C[C@H](c1ccoc1)C(C)(C)C)O[Si](C)(C)C. The molecule has 1 heterocycles. The van der Waals surface area contributed by atoms with Crippen molar-refractivity contribution in [1.82, 2.24) is 0 Å². The molecule has 134 valence electrons. The average Bonchev–Trinajstić information content (AvgIpc) is 2.92. The number of hydrogen-bond donors (Lipinski definition) is 0. The Hall–Kier alpha value is -1.51. The van der Waals surface area contributed by atoms with Crippen LogP contribution >= 0.6 is 0 Å². The summed E-state index contributed by atoms with van der Waals surface area (Å²) in [4.78, 5) is 11.6. The Bertz CT molecular complexity index is 567. The highest BCUT2D eigenvalue weighted by Crippen LogP contribution is 2.39. The van der Waals surface area contributed by atoms with Crippen LogP contribution in [0, 0.1) is 17.3 Å². The molecule has 1 aromatic rings. The molecule has 0 saturated heterocycles. The molecule has 5 heteroatoms. The largest absolute Gasteiger partial charge is 0.472 e. The number of hydrogen-bond acceptors (Lipinski definition) is 4. The second kappa shape index (κ2) is 8.54. The average molecular weight is 351 g/mol. The maximum absolute atomic E-state index is 11.6. The Morgan fingerprint density at radius 3 is 2.46 bits per heavy atom. The van der Waals surface area contributed by atoms with Gasteiger partial charge in [-0.05, 0) is 55.9 Å². The van der Waals surface area contributed by atoms with Crippen LogP contribution in [0.1, 0.15) is 45.6 Å². The molecule has 0 bridgehead atoms. The molecule has 0 amide bonds. The van der Waals surface area contributed by atoms with Crippen LogP contribution in [0.3, 0.4) is 0 Å². The molecule has 0 aliphatic rings. The fourth-order valence-corrected chi connectivity index (χ4v) is 3.56. The summed E-state index contributed by atoms with van der Waals surface area (Å²) in [5.41, 5.74) is 1.15. The highest BCUT2D eigenvalue weighted by Gasteiger charge is 2.31. The van der Waals surface area contributed by atoms with Gasteiger partial charge in [-0.25, -0.2) is 4.79 Å². The molecule has 0 fully saturated rings. The summed E-state index contributed by atoms with van der Waals surface area (Å²) in [6, 6.07) is 1.99. The maximum atomic E-state index is 11.6. The smallest absolute Gasteiger partial charge is 0.384 e. The van der Waals surface area contributed by atoms with Crippen molar-refractivity contribution >= 4 is 14.3 Å². The summed E-state index contributed by atoms with van der Waals surface area (Å²) in [7, 11) is -1.80. The number of ether oxygens (including phenoxy) is 1. The lowest BCUT2D eigenvalue weighted by Gasteiger charge is -2.33. The van der Waals surface area contributed by atoms with Crippen LogP contribution in [-0.4, -0.2) is 27.0 Å². The van der Waals surface area contributed by atoms with Gasteiger partial charge in [-0.15, -0.1) is 0 Å². The molecule has 1 rings (SSSR count). The Morgan fingerprint density at radius 2 is 2.00 bits per heavy atom. The predicted molar refractivity (Wildman–Crippen MR) is 98.1 cm³/mol. The summed E-state index contributed by atoms with van der Waals surface area (Å²) in [5, 5.41) is 0. The molecule has 2 atom stereocenters. The molecule has 0 spiro atoms. The topological polar surface area (TPSA) is 48.7 Å².